The highest BCUT2D eigenvalue weighted by Crippen LogP contribution is 2.33. The van der Waals surface area contributed by atoms with Gasteiger partial charge in [-0.15, -0.1) is 0 Å². The van der Waals surface area contributed by atoms with E-state index in [-0.39, 0.29) is 28.2 Å². The maximum atomic E-state index is 13.4. The lowest BCUT2D eigenvalue weighted by Gasteiger charge is -2.31. The SMILES string of the molecule is CCCNC(=O)[C@H](C)N(Cc1ccc(F)cc1)C(=O)CN(c1cccc(Cl)c1Cl)S(C)(=O)=O. The van der Waals surface area contributed by atoms with E-state index in [4.69, 9.17) is 23.2 Å². The van der Waals surface area contributed by atoms with E-state index in [2.05, 4.69) is 5.32 Å². The summed E-state index contributed by atoms with van der Waals surface area (Å²) in [5.41, 5.74) is 0.622. The van der Waals surface area contributed by atoms with E-state index in [9.17, 15) is 22.4 Å². The summed E-state index contributed by atoms with van der Waals surface area (Å²) in [4.78, 5) is 27.2. The predicted molar refractivity (Wildman–Crippen MR) is 128 cm³/mol. The first-order valence-corrected chi connectivity index (χ1v) is 12.8. The highest BCUT2D eigenvalue weighted by atomic mass is 35.5. The quantitative estimate of drug-likeness (QED) is 0.518. The van der Waals surface area contributed by atoms with Crippen LogP contribution >= 0.6 is 23.2 Å². The number of carbonyl (C=O) groups excluding carboxylic acids is 2. The van der Waals surface area contributed by atoms with Crippen molar-refractivity contribution in [3.63, 3.8) is 0 Å². The Morgan fingerprint density at radius 1 is 1.12 bits per heavy atom. The zero-order valence-electron chi connectivity index (χ0n) is 18.5. The summed E-state index contributed by atoms with van der Waals surface area (Å²) < 4.78 is 39.2. The zero-order chi connectivity index (χ0) is 24.8. The maximum Gasteiger partial charge on any atom is 0.244 e. The molecule has 2 amide bonds. The Hall–Kier alpha value is -2.36. The second-order valence-corrected chi connectivity index (χ2v) is 10.1. The van der Waals surface area contributed by atoms with E-state index in [0.717, 1.165) is 10.6 Å². The standard InChI is InChI=1S/C22H26Cl2FN3O4S/c1-4-12-26-22(30)15(2)27(13-16-8-10-17(25)11-9-16)20(29)14-28(33(3,31)32)19-7-5-6-18(23)21(19)24/h5-11,15H,4,12-14H2,1-3H3,(H,26,30)/t15-/m0/s1. The van der Waals surface area contributed by atoms with E-state index in [1.54, 1.807) is 6.92 Å². The number of rotatable bonds is 10. The van der Waals surface area contributed by atoms with Crippen molar-refractivity contribution in [2.24, 2.45) is 0 Å². The van der Waals surface area contributed by atoms with Crippen LogP contribution < -0.4 is 9.62 Å². The van der Waals surface area contributed by atoms with Gasteiger partial charge in [-0.05, 0) is 43.2 Å². The van der Waals surface area contributed by atoms with E-state index >= 15 is 0 Å². The molecule has 0 saturated carbocycles. The van der Waals surface area contributed by atoms with Gasteiger partial charge in [-0.3, -0.25) is 13.9 Å². The predicted octanol–water partition coefficient (Wildman–Crippen LogP) is 3.84. The Morgan fingerprint density at radius 2 is 1.76 bits per heavy atom. The molecular formula is C22H26Cl2FN3O4S. The number of nitrogens with zero attached hydrogens (tertiary/aromatic N) is 2. The molecular weight excluding hydrogens is 492 g/mol. The lowest BCUT2D eigenvalue weighted by Crippen LogP contribution is -2.51. The third-order valence-electron chi connectivity index (χ3n) is 4.86. The van der Waals surface area contributed by atoms with Crippen molar-refractivity contribution in [1.29, 1.82) is 0 Å². The van der Waals surface area contributed by atoms with Crippen molar-refractivity contribution in [3.8, 4) is 0 Å². The van der Waals surface area contributed by atoms with Crippen LogP contribution in [0, 0.1) is 5.82 Å². The number of halogens is 3. The molecule has 0 heterocycles. The molecule has 0 saturated heterocycles. The fourth-order valence-electron chi connectivity index (χ4n) is 3.04. The fourth-order valence-corrected chi connectivity index (χ4v) is 4.35. The summed E-state index contributed by atoms with van der Waals surface area (Å²) in [5.74, 6) is -1.47. The molecule has 0 aromatic heterocycles. The summed E-state index contributed by atoms with van der Waals surface area (Å²) in [7, 11) is -3.93. The van der Waals surface area contributed by atoms with Gasteiger partial charge in [-0.1, -0.05) is 48.3 Å². The molecule has 0 aliphatic heterocycles. The van der Waals surface area contributed by atoms with E-state index < -0.39 is 34.3 Å². The van der Waals surface area contributed by atoms with Gasteiger partial charge in [0, 0.05) is 13.1 Å². The normalized spacial score (nSPS) is 12.2. The lowest BCUT2D eigenvalue weighted by molar-refractivity contribution is -0.139. The molecule has 0 radical (unpaired) electrons. The Labute approximate surface area is 203 Å². The van der Waals surface area contributed by atoms with Crippen molar-refractivity contribution < 1.29 is 22.4 Å². The highest BCUT2D eigenvalue weighted by molar-refractivity contribution is 7.92. The molecule has 7 nitrogen and oxygen atoms in total. The summed E-state index contributed by atoms with van der Waals surface area (Å²) >= 11 is 12.2. The maximum absolute atomic E-state index is 13.4. The molecule has 33 heavy (non-hydrogen) atoms. The number of amides is 2. The minimum atomic E-state index is -3.93. The Morgan fingerprint density at radius 3 is 2.33 bits per heavy atom. The number of nitrogens with one attached hydrogen (secondary N) is 1. The minimum Gasteiger partial charge on any atom is -0.354 e. The number of benzene rings is 2. The molecule has 2 aromatic rings. The molecule has 180 valence electrons. The smallest absolute Gasteiger partial charge is 0.244 e. The number of hydrogen-bond acceptors (Lipinski definition) is 4. The van der Waals surface area contributed by atoms with Crippen LogP contribution in [0.3, 0.4) is 0 Å². The molecule has 0 aliphatic carbocycles. The van der Waals surface area contributed by atoms with Gasteiger partial charge in [-0.25, -0.2) is 12.8 Å². The number of carbonyl (C=O) groups is 2. The van der Waals surface area contributed by atoms with Gasteiger partial charge in [0.25, 0.3) is 0 Å². The van der Waals surface area contributed by atoms with E-state index in [0.29, 0.717) is 18.5 Å². The van der Waals surface area contributed by atoms with Crippen LogP contribution in [0.4, 0.5) is 10.1 Å². The van der Waals surface area contributed by atoms with Crippen molar-refractivity contribution in [2.75, 3.05) is 23.7 Å². The average Bonchev–Trinajstić information content (AvgIpc) is 2.76. The molecule has 0 aliphatic rings. The average molecular weight is 518 g/mol. The summed E-state index contributed by atoms with van der Waals surface area (Å²) in [6.45, 7) is 3.23. The topological polar surface area (TPSA) is 86.8 Å². The second kappa shape index (κ2) is 11.7. The molecule has 11 heteroatoms. The van der Waals surface area contributed by atoms with Crippen molar-refractivity contribution in [2.45, 2.75) is 32.9 Å². The summed E-state index contributed by atoms with van der Waals surface area (Å²) in [6.07, 6.45) is 1.65. The molecule has 0 spiro atoms. The summed E-state index contributed by atoms with van der Waals surface area (Å²) in [6, 6.07) is 9.01. The van der Waals surface area contributed by atoms with Gasteiger partial charge >= 0.3 is 0 Å². The first-order valence-electron chi connectivity index (χ1n) is 10.2. The Kier molecular flexibility index (Phi) is 9.51. The summed E-state index contributed by atoms with van der Waals surface area (Å²) in [5, 5.41) is 2.84. The minimum absolute atomic E-state index is 0.0174. The number of hydrogen-bond donors (Lipinski definition) is 1. The van der Waals surface area contributed by atoms with E-state index in [1.165, 1.54) is 47.4 Å². The van der Waals surface area contributed by atoms with Gasteiger partial charge in [0.2, 0.25) is 21.8 Å². The largest absolute Gasteiger partial charge is 0.354 e. The van der Waals surface area contributed by atoms with Crippen LogP contribution in [0.5, 0.6) is 0 Å². The Balaban J connectivity index is 2.40. The zero-order valence-corrected chi connectivity index (χ0v) is 20.8. The fraction of sp³-hybridized carbons (Fsp3) is 0.364. The molecule has 1 N–H and O–H groups in total. The number of anilines is 1. The lowest BCUT2D eigenvalue weighted by atomic mass is 10.1. The van der Waals surface area contributed by atoms with Crippen LogP contribution in [0.1, 0.15) is 25.8 Å². The first-order chi connectivity index (χ1) is 15.5. The van der Waals surface area contributed by atoms with Gasteiger partial charge < -0.3 is 10.2 Å². The van der Waals surface area contributed by atoms with Crippen molar-refractivity contribution in [3.05, 3.63) is 63.9 Å². The monoisotopic (exact) mass is 517 g/mol. The highest BCUT2D eigenvalue weighted by Gasteiger charge is 2.31. The van der Waals surface area contributed by atoms with Crippen LogP contribution in [0.2, 0.25) is 10.0 Å². The molecule has 0 unspecified atom stereocenters. The van der Waals surface area contributed by atoms with Crippen molar-refractivity contribution >= 4 is 50.7 Å². The number of sulfonamides is 1. The van der Waals surface area contributed by atoms with Crippen LogP contribution in [0.15, 0.2) is 42.5 Å². The second-order valence-electron chi connectivity index (χ2n) is 7.46. The van der Waals surface area contributed by atoms with E-state index in [1.807, 2.05) is 6.92 Å². The van der Waals surface area contributed by atoms with Gasteiger partial charge in [-0.2, -0.15) is 0 Å². The molecule has 1 atom stereocenters. The third kappa shape index (κ3) is 7.31. The Bertz CT molecular complexity index is 1100. The van der Waals surface area contributed by atoms with Crippen molar-refractivity contribution in [1.82, 2.24) is 10.2 Å². The molecule has 2 aromatic carbocycles. The molecule has 2 rings (SSSR count). The van der Waals surface area contributed by atoms with Crippen LogP contribution in [-0.4, -0.2) is 50.5 Å². The van der Waals surface area contributed by atoms with Gasteiger partial charge in [0.1, 0.15) is 18.4 Å². The molecule has 0 fully saturated rings. The van der Waals surface area contributed by atoms with Crippen LogP contribution in [-0.2, 0) is 26.2 Å². The van der Waals surface area contributed by atoms with Gasteiger partial charge in [0.15, 0.2) is 0 Å². The third-order valence-corrected chi connectivity index (χ3v) is 6.80. The van der Waals surface area contributed by atoms with Gasteiger partial charge in [0.05, 0.1) is 22.0 Å². The first kappa shape index (κ1) is 26.9. The molecule has 0 bridgehead atoms. The van der Waals surface area contributed by atoms with Crippen LogP contribution in [0.25, 0.3) is 0 Å².